The van der Waals surface area contributed by atoms with Gasteiger partial charge in [0.2, 0.25) is 5.13 Å². The van der Waals surface area contributed by atoms with Gasteiger partial charge in [-0.3, -0.25) is 0 Å². The van der Waals surface area contributed by atoms with Crippen LogP contribution in [-0.4, -0.2) is 23.1 Å². The first kappa shape index (κ1) is 15.5. The maximum absolute atomic E-state index is 5.04. The number of para-hydroxylation sites is 1. The predicted molar refractivity (Wildman–Crippen MR) is 94.9 cm³/mol. The van der Waals surface area contributed by atoms with Crippen LogP contribution in [-0.2, 0) is 11.2 Å². The third-order valence-corrected chi connectivity index (χ3v) is 3.84. The van der Waals surface area contributed by atoms with Crippen molar-refractivity contribution in [2.45, 2.75) is 6.42 Å². The van der Waals surface area contributed by atoms with Gasteiger partial charge >= 0.3 is 0 Å². The second kappa shape index (κ2) is 7.71. The third-order valence-electron chi connectivity index (χ3n) is 3.17. The monoisotopic (exact) mass is 326 g/mol. The fourth-order valence-corrected chi connectivity index (χ4v) is 2.72. The molecule has 5 nitrogen and oxygen atoms in total. The van der Waals surface area contributed by atoms with E-state index in [0.29, 0.717) is 6.61 Å². The van der Waals surface area contributed by atoms with Gasteiger partial charge < -0.3 is 15.4 Å². The highest BCUT2D eigenvalue weighted by molar-refractivity contribution is 7.09. The summed E-state index contributed by atoms with van der Waals surface area (Å²) >= 11 is 1.36. The number of methoxy groups -OCH3 is 1. The van der Waals surface area contributed by atoms with Crippen molar-refractivity contribution in [2.75, 3.05) is 24.4 Å². The average Bonchev–Trinajstić information content (AvgIpc) is 3.01. The Bertz CT molecular complexity index is 745. The van der Waals surface area contributed by atoms with Crippen LogP contribution in [0.25, 0.3) is 0 Å². The van der Waals surface area contributed by atoms with E-state index in [1.54, 1.807) is 7.11 Å². The van der Waals surface area contributed by atoms with Crippen molar-refractivity contribution < 1.29 is 4.74 Å². The molecule has 118 valence electrons. The normalized spacial score (nSPS) is 10.5. The van der Waals surface area contributed by atoms with Crippen LogP contribution in [0.15, 0.2) is 54.6 Å². The minimum atomic E-state index is 0.632. The number of rotatable bonds is 7. The van der Waals surface area contributed by atoms with E-state index in [0.717, 1.165) is 34.4 Å². The van der Waals surface area contributed by atoms with Crippen LogP contribution >= 0.6 is 11.5 Å². The Kier molecular flexibility index (Phi) is 5.18. The first-order chi connectivity index (χ1) is 11.3. The number of nitrogens with zero attached hydrogens (tertiary/aromatic N) is 2. The molecule has 2 aromatic carbocycles. The van der Waals surface area contributed by atoms with Crippen molar-refractivity contribution in [1.82, 2.24) is 9.36 Å². The van der Waals surface area contributed by atoms with E-state index < -0.39 is 0 Å². The first-order valence-corrected chi connectivity index (χ1v) is 8.11. The Morgan fingerprint density at radius 1 is 0.957 bits per heavy atom. The highest BCUT2D eigenvalue weighted by atomic mass is 32.1. The molecule has 2 N–H and O–H groups in total. The summed E-state index contributed by atoms with van der Waals surface area (Å²) < 4.78 is 9.35. The zero-order valence-corrected chi connectivity index (χ0v) is 13.6. The van der Waals surface area contributed by atoms with Crippen molar-refractivity contribution in [3.63, 3.8) is 0 Å². The lowest BCUT2D eigenvalue weighted by molar-refractivity contribution is 0.201. The van der Waals surface area contributed by atoms with E-state index in [2.05, 4.69) is 20.0 Å². The molecule has 0 atom stereocenters. The van der Waals surface area contributed by atoms with Crippen molar-refractivity contribution in [1.29, 1.82) is 0 Å². The largest absolute Gasteiger partial charge is 0.384 e. The molecule has 0 saturated heterocycles. The Labute approximate surface area is 139 Å². The number of hydrogen-bond donors (Lipinski definition) is 2. The zero-order valence-electron chi connectivity index (χ0n) is 12.8. The molecule has 0 fully saturated rings. The number of aromatic nitrogens is 2. The molecule has 0 spiro atoms. The molecule has 6 heteroatoms. The van der Waals surface area contributed by atoms with Gasteiger partial charge in [0.15, 0.2) is 0 Å². The van der Waals surface area contributed by atoms with Crippen LogP contribution in [0, 0.1) is 0 Å². The lowest BCUT2D eigenvalue weighted by Gasteiger charge is -2.08. The van der Waals surface area contributed by atoms with Crippen LogP contribution < -0.4 is 10.6 Å². The second-order valence-electron chi connectivity index (χ2n) is 4.96. The summed E-state index contributed by atoms with van der Waals surface area (Å²) in [6.07, 6.45) is 0.726. The van der Waals surface area contributed by atoms with Gasteiger partial charge in [-0.25, -0.2) is 4.98 Å². The van der Waals surface area contributed by atoms with Crippen LogP contribution in [0.5, 0.6) is 0 Å². The standard InChI is InChI=1S/C17H18N4OS/c1-22-11-10-16-20-17(23-21-16)19-15-9-5-8-14(12-15)18-13-6-3-2-4-7-13/h2-9,12,18H,10-11H2,1H3,(H,19,20,21). The molecule has 0 bridgehead atoms. The van der Waals surface area contributed by atoms with Crippen LogP contribution in [0.1, 0.15) is 5.82 Å². The van der Waals surface area contributed by atoms with E-state index >= 15 is 0 Å². The zero-order chi connectivity index (χ0) is 15.9. The summed E-state index contributed by atoms with van der Waals surface area (Å²) in [6, 6.07) is 18.2. The molecular weight excluding hydrogens is 308 g/mol. The van der Waals surface area contributed by atoms with Crippen LogP contribution in [0.4, 0.5) is 22.2 Å². The maximum Gasteiger partial charge on any atom is 0.207 e. The van der Waals surface area contributed by atoms with E-state index in [1.807, 2.05) is 54.6 Å². The smallest absolute Gasteiger partial charge is 0.207 e. The SMILES string of the molecule is COCCc1nsc(Nc2cccc(Nc3ccccc3)c2)n1. The summed E-state index contributed by atoms with van der Waals surface area (Å²) in [5, 5.41) is 7.45. The molecule has 3 aromatic rings. The van der Waals surface area contributed by atoms with E-state index in [4.69, 9.17) is 4.74 Å². The van der Waals surface area contributed by atoms with Gasteiger partial charge in [-0.15, -0.1) is 0 Å². The third kappa shape index (κ3) is 4.51. The minimum Gasteiger partial charge on any atom is -0.384 e. The van der Waals surface area contributed by atoms with Gasteiger partial charge in [0, 0.05) is 42.1 Å². The Morgan fingerprint density at radius 3 is 2.48 bits per heavy atom. The molecule has 0 aliphatic heterocycles. The van der Waals surface area contributed by atoms with Crippen molar-refractivity contribution in [3.8, 4) is 0 Å². The molecule has 0 saturated carbocycles. The molecule has 1 aromatic heterocycles. The van der Waals surface area contributed by atoms with E-state index in [-0.39, 0.29) is 0 Å². The predicted octanol–water partition coefficient (Wildman–Crippen LogP) is 4.21. The van der Waals surface area contributed by atoms with Gasteiger partial charge in [-0.05, 0) is 30.3 Å². The number of anilines is 4. The fourth-order valence-electron chi connectivity index (χ4n) is 2.09. The van der Waals surface area contributed by atoms with E-state index in [9.17, 15) is 0 Å². The summed E-state index contributed by atoms with van der Waals surface area (Å²) in [4.78, 5) is 4.45. The molecule has 23 heavy (non-hydrogen) atoms. The summed E-state index contributed by atoms with van der Waals surface area (Å²) in [7, 11) is 1.68. The number of nitrogens with one attached hydrogen (secondary N) is 2. The highest BCUT2D eigenvalue weighted by Gasteiger charge is 2.05. The Hall–Kier alpha value is -2.44. The van der Waals surface area contributed by atoms with Gasteiger partial charge in [-0.1, -0.05) is 24.3 Å². The van der Waals surface area contributed by atoms with Gasteiger partial charge in [0.05, 0.1) is 6.61 Å². The topological polar surface area (TPSA) is 59.1 Å². The summed E-state index contributed by atoms with van der Waals surface area (Å²) in [5.74, 6) is 0.804. The highest BCUT2D eigenvalue weighted by Crippen LogP contribution is 2.23. The molecule has 0 unspecified atom stereocenters. The lowest BCUT2D eigenvalue weighted by Crippen LogP contribution is -1.97. The molecule has 0 aliphatic rings. The molecule has 1 heterocycles. The number of hydrogen-bond acceptors (Lipinski definition) is 6. The van der Waals surface area contributed by atoms with Crippen LogP contribution in [0.2, 0.25) is 0 Å². The van der Waals surface area contributed by atoms with Crippen molar-refractivity contribution in [2.24, 2.45) is 0 Å². The van der Waals surface area contributed by atoms with Gasteiger partial charge in [-0.2, -0.15) is 4.37 Å². The number of ether oxygens (including phenoxy) is 1. The molecule has 0 aliphatic carbocycles. The summed E-state index contributed by atoms with van der Waals surface area (Å²) in [6.45, 7) is 0.632. The molecule has 3 rings (SSSR count). The van der Waals surface area contributed by atoms with Crippen molar-refractivity contribution >= 4 is 33.7 Å². The first-order valence-electron chi connectivity index (χ1n) is 7.34. The van der Waals surface area contributed by atoms with Crippen LogP contribution in [0.3, 0.4) is 0 Å². The minimum absolute atomic E-state index is 0.632. The Morgan fingerprint density at radius 2 is 1.70 bits per heavy atom. The fraction of sp³-hybridized carbons (Fsp3) is 0.176. The second-order valence-corrected chi connectivity index (χ2v) is 5.71. The van der Waals surface area contributed by atoms with Gasteiger partial charge in [0.25, 0.3) is 0 Å². The van der Waals surface area contributed by atoms with Gasteiger partial charge in [0.1, 0.15) is 5.82 Å². The Balaban J connectivity index is 1.66. The molecule has 0 amide bonds. The van der Waals surface area contributed by atoms with Crippen molar-refractivity contribution in [3.05, 3.63) is 60.4 Å². The molecule has 0 radical (unpaired) electrons. The average molecular weight is 326 g/mol. The quantitative estimate of drug-likeness (QED) is 0.681. The number of benzene rings is 2. The summed E-state index contributed by atoms with van der Waals surface area (Å²) in [5.41, 5.74) is 3.05. The molecular formula is C17H18N4OS. The lowest BCUT2D eigenvalue weighted by atomic mass is 10.2. The maximum atomic E-state index is 5.04. The van der Waals surface area contributed by atoms with E-state index in [1.165, 1.54) is 11.5 Å².